The average Bonchev–Trinajstić information content (AvgIpc) is 3.03. The Morgan fingerprint density at radius 2 is 1.75 bits per heavy atom. The third kappa shape index (κ3) is 4.55. The van der Waals surface area contributed by atoms with Gasteiger partial charge in [0.15, 0.2) is 0 Å². The van der Waals surface area contributed by atoms with Gasteiger partial charge in [0.1, 0.15) is 0 Å². The van der Waals surface area contributed by atoms with Gasteiger partial charge in [-0.1, -0.05) is 29.3 Å². The van der Waals surface area contributed by atoms with Crippen LogP contribution in [0.4, 0.5) is 0 Å². The van der Waals surface area contributed by atoms with Crippen LogP contribution in [-0.2, 0) is 15.8 Å². The second-order valence-electron chi connectivity index (χ2n) is 6.04. The third-order valence-electron chi connectivity index (χ3n) is 4.58. The minimum atomic E-state index is -3.41. The molecular weight excluding hydrogens is 393 g/mol. The number of nitrogens with one attached hydrogen (secondary N) is 1. The van der Waals surface area contributed by atoms with Gasteiger partial charge in [0.25, 0.3) is 0 Å². The molecule has 2 aliphatic rings. The van der Waals surface area contributed by atoms with Crippen LogP contribution < -0.4 is 5.32 Å². The number of hydrogen-bond acceptors (Lipinski definition) is 4. The van der Waals surface area contributed by atoms with Crippen LogP contribution in [-0.4, -0.2) is 62.9 Å². The Morgan fingerprint density at radius 1 is 1.12 bits per heavy atom. The van der Waals surface area contributed by atoms with Gasteiger partial charge in [-0.3, -0.25) is 4.90 Å². The minimum absolute atomic E-state index is 0. The molecule has 2 aliphatic heterocycles. The van der Waals surface area contributed by atoms with Crippen LogP contribution in [0.2, 0.25) is 10.0 Å². The average molecular weight is 415 g/mol. The fourth-order valence-corrected chi connectivity index (χ4v) is 5.58. The quantitative estimate of drug-likeness (QED) is 0.821. The summed E-state index contributed by atoms with van der Waals surface area (Å²) in [5.41, 5.74) is 0.487. The van der Waals surface area contributed by atoms with Crippen molar-refractivity contribution in [3.63, 3.8) is 0 Å². The van der Waals surface area contributed by atoms with Gasteiger partial charge in [-0.2, -0.15) is 0 Å². The molecule has 2 fully saturated rings. The van der Waals surface area contributed by atoms with E-state index in [9.17, 15) is 8.42 Å². The van der Waals surface area contributed by atoms with E-state index in [0.29, 0.717) is 34.7 Å². The molecule has 1 aromatic carbocycles. The highest BCUT2D eigenvalue weighted by atomic mass is 35.5. The Labute approximate surface area is 159 Å². The zero-order valence-electron chi connectivity index (χ0n) is 13.2. The maximum atomic E-state index is 12.7. The van der Waals surface area contributed by atoms with Gasteiger partial charge >= 0.3 is 0 Å². The summed E-state index contributed by atoms with van der Waals surface area (Å²) in [6.45, 7) is 5.03. The van der Waals surface area contributed by atoms with E-state index in [4.69, 9.17) is 23.2 Å². The number of rotatable bonds is 4. The highest BCUT2D eigenvalue weighted by molar-refractivity contribution is 7.88. The summed E-state index contributed by atoms with van der Waals surface area (Å²) in [7, 11) is -3.41. The van der Waals surface area contributed by atoms with Gasteiger partial charge in [0.2, 0.25) is 10.0 Å². The van der Waals surface area contributed by atoms with E-state index in [1.54, 1.807) is 22.5 Å². The number of hydrogen-bond donors (Lipinski definition) is 1. The fourth-order valence-electron chi connectivity index (χ4n) is 3.25. The number of nitrogens with zero attached hydrogens (tertiary/aromatic N) is 2. The van der Waals surface area contributed by atoms with Crippen LogP contribution >= 0.6 is 35.6 Å². The molecule has 0 aromatic heterocycles. The van der Waals surface area contributed by atoms with Crippen molar-refractivity contribution in [2.45, 2.75) is 18.2 Å². The van der Waals surface area contributed by atoms with Crippen LogP contribution in [0.25, 0.3) is 0 Å². The molecule has 5 nitrogen and oxygen atoms in total. The van der Waals surface area contributed by atoms with Crippen LogP contribution in [0, 0.1) is 0 Å². The van der Waals surface area contributed by atoms with E-state index in [0.717, 1.165) is 32.6 Å². The molecular formula is C15H22Cl3N3O2S. The van der Waals surface area contributed by atoms with E-state index < -0.39 is 10.0 Å². The van der Waals surface area contributed by atoms with Gasteiger partial charge < -0.3 is 5.32 Å². The lowest BCUT2D eigenvalue weighted by atomic mass is 10.2. The molecule has 2 saturated heterocycles. The van der Waals surface area contributed by atoms with Crippen molar-refractivity contribution in [2.75, 3.05) is 39.3 Å². The van der Waals surface area contributed by atoms with E-state index in [1.807, 2.05) is 0 Å². The molecule has 1 atom stereocenters. The largest absolute Gasteiger partial charge is 0.314 e. The molecule has 3 rings (SSSR count). The van der Waals surface area contributed by atoms with E-state index in [-0.39, 0.29) is 18.2 Å². The first-order valence-corrected chi connectivity index (χ1v) is 10.2. The second-order valence-corrected chi connectivity index (χ2v) is 8.83. The Balaban J connectivity index is 0.00000208. The summed E-state index contributed by atoms with van der Waals surface area (Å²) in [4.78, 5) is 2.38. The first-order valence-electron chi connectivity index (χ1n) is 7.83. The molecule has 0 saturated carbocycles. The van der Waals surface area contributed by atoms with Crippen molar-refractivity contribution in [3.05, 3.63) is 33.8 Å². The minimum Gasteiger partial charge on any atom is -0.314 e. The first-order chi connectivity index (χ1) is 11.0. The van der Waals surface area contributed by atoms with Gasteiger partial charge in [0.05, 0.1) is 5.75 Å². The molecule has 0 spiro atoms. The summed E-state index contributed by atoms with van der Waals surface area (Å²) in [6, 6.07) is 5.38. The van der Waals surface area contributed by atoms with Crippen molar-refractivity contribution in [2.24, 2.45) is 0 Å². The third-order valence-corrected chi connectivity index (χ3v) is 7.06. The van der Waals surface area contributed by atoms with Crippen molar-refractivity contribution < 1.29 is 8.42 Å². The Bertz CT molecular complexity index is 646. The standard InChI is InChI=1S/C15H21Cl2N3O2S.ClH/c16-14-2-1-3-15(17)13(14)11-23(21,22)20-7-4-12(10-20)19-8-5-18-6-9-19;/h1-3,12,18H,4-11H2;1H. The summed E-state index contributed by atoms with van der Waals surface area (Å²) in [5.74, 6) is -0.139. The summed E-state index contributed by atoms with van der Waals surface area (Å²) in [6.07, 6.45) is 0.884. The highest BCUT2D eigenvalue weighted by Gasteiger charge is 2.35. The molecule has 9 heteroatoms. The molecule has 1 N–H and O–H groups in total. The number of piperazine rings is 1. The van der Waals surface area contributed by atoms with Gasteiger partial charge in [-0.05, 0) is 18.6 Å². The second kappa shape index (κ2) is 8.54. The van der Waals surface area contributed by atoms with Crippen LogP contribution in [0.15, 0.2) is 18.2 Å². The lowest BCUT2D eigenvalue weighted by Crippen LogP contribution is -2.49. The normalized spacial score (nSPS) is 23.2. The van der Waals surface area contributed by atoms with Gasteiger partial charge in [0, 0.05) is 60.9 Å². The molecule has 24 heavy (non-hydrogen) atoms. The highest BCUT2D eigenvalue weighted by Crippen LogP contribution is 2.29. The molecule has 1 unspecified atom stereocenters. The number of halogens is 3. The number of benzene rings is 1. The molecule has 0 amide bonds. The van der Waals surface area contributed by atoms with Crippen LogP contribution in [0.1, 0.15) is 12.0 Å². The lowest BCUT2D eigenvalue weighted by molar-refractivity contribution is 0.179. The molecule has 136 valence electrons. The molecule has 0 radical (unpaired) electrons. The first kappa shape index (κ1) is 20.2. The Morgan fingerprint density at radius 3 is 2.38 bits per heavy atom. The predicted octanol–water partition coefficient (Wildman–Crippen LogP) is 2.22. The Hall–Kier alpha value is -0.0800. The van der Waals surface area contributed by atoms with Gasteiger partial charge in [-0.15, -0.1) is 12.4 Å². The molecule has 1 aromatic rings. The maximum Gasteiger partial charge on any atom is 0.218 e. The van der Waals surface area contributed by atoms with E-state index >= 15 is 0 Å². The molecule has 0 bridgehead atoms. The zero-order valence-corrected chi connectivity index (χ0v) is 16.4. The summed E-state index contributed by atoms with van der Waals surface area (Å²) >= 11 is 12.2. The van der Waals surface area contributed by atoms with E-state index in [2.05, 4.69) is 10.2 Å². The number of sulfonamides is 1. The molecule has 0 aliphatic carbocycles. The van der Waals surface area contributed by atoms with Crippen LogP contribution in [0.3, 0.4) is 0 Å². The van der Waals surface area contributed by atoms with Gasteiger partial charge in [-0.25, -0.2) is 12.7 Å². The van der Waals surface area contributed by atoms with E-state index in [1.165, 1.54) is 0 Å². The summed E-state index contributed by atoms with van der Waals surface area (Å²) in [5, 5.41) is 4.13. The zero-order chi connectivity index (χ0) is 16.4. The monoisotopic (exact) mass is 413 g/mol. The topological polar surface area (TPSA) is 52.7 Å². The summed E-state index contributed by atoms with van der Waals surface area (Å²) < 4.78 is 27.0. The lowest BCUT2D eigenvalue weighted by Gasteiger charge is -2.32. The van der Waals surface area contributed by atoms with Crippen molar-refractivity contribution in [3.8, 4) is 0 Å². The maximum absolute atomic E-state index is 12.7. The Kier molecular flexibility index (Phi) is 7.20. The SMILES string of the molecule is Cl.O=S(=O)(Cc1c(Cl)cccc1Cl)N1CCC(N2CCNCC2)C1. The predicted molar refractivity (Wildman–Crippen MR) is 101 cm³/mol. The van der Waals surface area contributed by atoms with Crippen molar-refractivity contribution >= 4 is 45.6 Å². The van der Waals surface area contributed by atoms with Crippen LogP contribution in [0.5, 0.6) is 0 Å². The smallest absolute Gasteiger partial charge is 0.218 e. The molecule has 2 heterocycles. The van der Waals surface area contributed by atoms with Crippen molar-refractivity contribution in [1.82, 2.24) is 14.5 Å². The van der Waals surface area contributed by atoms with Crippen molar-refractivity contribution in [1.29, 1.82) is 0 Å². The fraction of sp³-hybridized carbons (Fsp3) is 0.600.